The zero-order valence-corrected chi connectivity index (χ0v) is 24.4. The van der Waals surface area contributed by atoms with Crippen LogP contribution in [0.3, 0.4) is 0 Å². The number of hydrogen-bond donors (Lipinski definition) is 1. The number of halogens is 3. The van der Waals surface area contributed by atoms with Crippen LogP contribution in [0.5, 0.6) is 5.75 Å². The maximum atomic E-state index is 12.8. The molecule has 0 saturated carbocycles. The first-order chi connectivity index (χ1) is 21.1. The number of alkyl halides is 3. The quantitative estimate of drug-likeness (QED) is 0.215. The van der Waals surface area contributed by atoms with E-state index in [0.29, 0.717) is 27.4 Å². The normalized spacial score (nSPS) is 12.5. The number of aryl methyl sites for hydroxylation is 2. The number of amides is 2. The van der Waals surface area contributed by atoms with Crippen LogP contribution >= 0.6 is 11.3 Å². The maximum Gasteiger partial charge on any atom is 0.573 e. The van der Waals surface area contributed by atoms with Gasteiger partial charge in [-0.1, -0.05) is 49.4 Å². The third-order valence-corrected chi connectivity index (χ3v) is 7.64. The molecule has 13 heteroatoms. The van der Waals surface area contributed by atoms with E-state index in [2.05, 4.69) is 38.1 Å². The summed E-state index contributed by atoms with van der Waals surface area (Å²) < 4.78 is 44.5. The van der Waals surface area contributed by atoms with Gasteiger partial charge in [-0.2, -0.15) is 10.3 Å². The van der Waals surface area contributed by atoms with Crippen molar-refractivity contribution in [1.82, 2.24) is 24.6 Å². The van der Waals surface area contributed by atoms with E-state index in [0.717, 1.165) is 23.4 Å². The highest BCUT2D eigenvalue weighted by Gasteiger charge is 2.31. The zero-order chi connectivity index (χ0) is 31.3. The molecule has 224 valence electrons. The number of para-hydroxylation sites is 1. The summed E-state index contributed by atoms with van der Waals surface area (Å²) >= 11 is 1.37. The Morgan fingerprint density at radius 3 is 2.52 bits per heavy atom. The van der Waals surface area contributed by atoms with Gasteiger partial charge in [-0.15, -0.1) is 29.6 Å². The number of aromatic nitrogens is 4. The van der Waals surface area contributed by atoms with E-state index in [-0.39, 0.29) is 12.3 Å². The Bertz CT molecular complexity index is 1870. The van der Waals surface area contributed by atoms with E-state index in [1.165, 1.54) is 46.6 Å². The van der Waals surface area contributed by atoms with E-state index in [1.54, 1.807) is 24.3 Å². The van der Waals surface area contributed by atoms with Gasteiger partial charge in [0.15, 0.2) is 10.6 Å². The number of carbonyl (C=O) groups is 1. The summed E-state index contributed by atoms with van der Waals surface area (Å²) in [6.45, 7) is 4.10. The van der Waals surface area contributed by atoms with Gasteiger partial charge in [0.05, 0.1) is 23.4 Å². The molecular weight excluding hydrogens is 591 g/mol. The molecule has 0 saturated heterocycles. The molecule has 0 aliphatic rings. The van der Waals surface area contributed by atoms with Gasteiger partial charge in [0.1, 0.15) is 12.1 Å². The van der Waals surface area contributed by atoms with Crippen molar-refractivity contribution in [3.63, 3.8) is 0 Å². The number of hydrogen-bond acceptors (Lipinski definition) is 6. The van der Waals surface area contributed by atoms with Gasteiger partial charge in [-0.05, 0) is 54.8 Å². The molecule has 44 heavy (non-hydrogen) atoms. The van der Waals surface area contributed by atoms with E-state index < -0.39 is 18.3 Å². The van der Waals surface area contributed by atoms with Crippen molar-refractivity contribution in [1.29, 1.82) is 5.26 Å². The number of carbonyl (C=O) groups excluding carboxylic acids is 1. The summed E-state index contributed by atoms with van der Waals surface area (Å²) in [5, 5.41) is 18.9. The van der Waals surface area contributed by atoms with Crippen LogP contribution in [0, 0.1) is 18.3 Å². The smallest absolute Gasteiger partial charge is 0.406 e. The molecule has 1 unspecified atom stereocenters. The average molecular weight is 618 g/mol. The highest BCUT2D eigenvalue weighted by molar-refractivity contribution is 7.07. The summed E-state index contributed by atoms with van der Waals surface area (Å²) in [7, 11) is 0. The number of nitrogens with zero attached hydrogens (tertiary/aromatic N) is 6. The van der Waals surface area contributed by atoms with Crippen molar-refractivity contribution < 1.29 is 22.7 Å². The summed E-state index contributed by atoms with van der Waals surface area (Å²) in [5.74, 6) is -0.571. The van der Waals surface area contributed by atoms with Crippen LogP contribution in [-0.2, 0) is 6.42 Å². The zero-order valence-electron chi connectivity index (χ0n) is 23.6. The Labute approximate surface area is 254 Å². The number of urea groups is 1. The number of rotatable bonds is 8. The van der Waals surface area contributed by atoms with Crippen LogP contribution in [0.25, 0.3) is 22.8 Å². The van der Waals surface area contributed by atoms with Gasteiger partial charge >= 0.3 is 12.4 Å². The van der Waals surface area contributed by atoms with E-state index >= 15 is 0 Å². The van der Waals surface area contributed by atoms with Crippen molar-refractivity contribution in [3.8, 4) is 34.6 Å². The third-order valence-electron chi connectivity index (χ3n) is 6.70. The fourth-order valence-electron chi connectivity index (χ4n) is 4.53. The van der Waals surface area contributed by atoms with Crippen molar-refractivity contribution >= 4 is 17.4 Å². The van der Waals surface area contributed by atoms with E-state index in [9.17, 15) is 23.2 Å². The highest BCUT2D eigenvalue weighted by atomic mass is 32.1. The minimum atomic E-state index is -4.77. The Kier molecular flexibility index (Phi) is 8.91. The highest BCUT2D eigenvalue weighted by Crippen LogP contribution is 2.25. The first-order valence-corrected chi connectivity index (χ1v) is 14.4. The molecule has 1 N–H and O–H groups in total. The Morgan fingerprint density at radius 1 is 1.11 bits per heavy atom. The van der Waals surface area contributed by atoms with Crippen LogP contribution < -0.4 is 14.9 Å². The lowest BCUT2D eigenvalue weighted by atomic mass is 9.99. The Morgan fingerprint density at radius 2 is 1.84 bits per heavy atom. The largest absolute Gasteiger partial charge is 0.573 e. The van der Waals surface area contributed by atoms with Crippen LogP contribution in [0.15, 0.2) is 89.5 Å². The predicted molar refractivity (Wildman–Crippen MR) is 159 cm³/mol. The molecule has 0 aliphatic heterocycles. The third kappa shape index (κ3) is 7.04. The molecule has 2 amide bonds. The number of benzene rings is 3. The molecule has 9 nitrogen and oxygen atoms in total. The fourth-order valence-corrected chi connectivity index (χ4v) is 5.39. The monoisotopic (exact) mass is 617 g/mol. The summed E-state index contributed by atoms with van der Waals surface area (Å²) in [5.41, 5.74) is 4.94. The molecule has 2 aromatic heterocycles. The second-order valence-electron chi connectivity index (χ2n) is 9.63. The van der Waals surface area contributed by atoms with Gasteiger partial charge in [0.2, 0.25) is 0 Å². The van der Waals surface area contributed by atoms with E-state index in [4.69, 9.17) is 0 Å². The number of ether oxygens (including phenoxy) is 1. The van der Waals surface area contributed by atoms with Gasteiger partial charge in [-0.3, -0.25) is 4.57 Å². The second-order valence-corrected chi connectivity index (χ2v) is 10.5. The molecule has 2 heterocycles. The molecule has 5 aromatic rings. The van der Waals surface area contributed by atoms with Crippen molar-refractivity contribution in [2.24, 2.45) is 4.99 Å². The van der Waals surface area contributed by atoms with Gasteiger partial charge in [-0.25, -0.2) is 14.5 Å². The molecule has 0 spiro atoms. The second kappa shape index (κ2) is 13.0. The topological polar surface area (TPSA) is 110 Å². The lowest BCUT2D eigenvalue weighted by molar-refractivity contribution is -0.274. The number of thiazole rings is 1. The van der Waals surface area contributed by atoms with Gasteiger partial charge in [0, 0.05) is 23.2 Å². The minimum absolute atomic E-state index is 0.0645. The van der Waals surface area contributed by atoms with Crippen molar-refractivity contribution in [2.75, 3.05) is 6.54 Å². The number of nitriles is 1. The van der Waals surface area contributed by atoms with Crippen LogP contribution in [0.4, 0.5) is 18.0 Å². The van der Waals surface area contributed by atoms with Crippen LogP contribution in [0.2, 0.25) is 0 Å². The SMILES string of the molecule is CCc1ccccc1-n1c(C)cs/c1=N\C(=O)NCC(C#N)c1ccc(-c2ncn(-c3ccc(OC(F)(F)F)cc3)n2)cc1. The fraction of sp³-hybridized carbons (Fsp3) is 0.194. The molecule has 0 fully saturated rings. The molecule has 5 rings (SSSR count). The standard InChI is InChI=1S/C31H26F3N7O2S/c1-3-21-6-4-5-7-27(21)41-20(2)18-44-30(41)38-29(42)36-17-24(16-35)22-8-10-23(11-9-22)28-37-19-40(39-28)25-12-14-26(15-13-25)43-31(32,33)34/h4-15,18-19,24H,3,17H2,1-2H3,(H,36,42)/b38-30-. The van der Waals surface area contributed by atoms with Gasteiger partial charge < -0.3 is 10.1 Å². The Hall–Kier alpha value is -5.22. The summed E-state index contributed by atoms with van der Waals surface area (Å²) in [4.78, 5) is 21.9. The molecule has 0 radical (unpaired) electrons. The summed E-state index contributed by atoms with van der Waals surface area (Å²) in [6.07, 6.45) is -2.49. The number of nitrogens with one attached hydrogen (secondary N) is 1. The first kappa shape index (κ1) is 30.2. The molecule has 0 bridgehead atoms. The molecule has 3 aromatic carbocycles. The first-order valence-electron chi connectivity index (χ1n) is 13.5. The van der Waals surface area contributed by atoms with Crippen molar-refractivity contribution in [3.05, 3.63) is 106 Å². The van der Waals surface area contributed by atoms with Crippen molar-refractivity contribution in [2.45, 2.75) is 32.5 Å². The predicted octanol–water partition coefficient (Wildman–Crippen LogP) is 6.47. The van der Waals surface area contributed by atoms with Crippen LogP contribution in [0.1, 0.15) is 29.7 Å². The lowest BCUT2D eigenvalue weighted by Crippen LogP contribution is -2.28. The average Bonchev–Trinajstić information content (AvgIpc) is 3.64. The molecule has 1 atom stereocenters. The molecule has 0 aliphatic carbocycles. The van der Waals surface area contributed by atoms with Gasteiger partial charge in [0.25, 0.3) is 0 Å². The van der Waals surface area contributed by atoms with E-state index in [1.807, 2.05) is 41.1 Å². The lowest BCUT2D eigenvalue weighted by Gasteiger charge is -2.11. The summed E-state index contributed by atoms with van der Waals surface area (Å²) in [6, 6.07) is 21.9. The Balaban J connectivity index is 1.25. The molecular formula is C31H26F3N7O2S. The maximum absolute atomic E-state index is 12.8. The minimum Gasteiger partial charge on any atom is -0.406 e. The van der Waals surface area contributed by atoms with Crippen LogP contribution in [-0.4, -0.2) is 38.3 Å².